The van der Waals surface area contributed by atoms with E-state index in [0.29, 0.717) is 0 Å². The third-order valence-electron chi connectivity index (χ3n) is 4.16. The van der Waals surface area contributed by atoms with Crippen molar-refractivity contribution in [1.82, 2.24) is 4.90 Å². The van der Waals surface area contributed by atoms with Gasteiger partial charge in [0.15, 0.2) is 0 Å². The molecule has 118 valence electrons. The van der Waals surface area contributed by atoms with Crippen molar-refractivity contribution >= 4 is 0 Å². The number of nitrogens with two attached hydrogens (primary N) is 1. The molecule has 0 bridgehead atoms. The van der Waals surface area contributed by atoms with Crippen molar-refractivity contribution in [3.8, 4) is 5.75 Å². The van der Waals surface area contributed by atoms with Crippen LogP contribution < -0.4 is 10.5 Å². The summed E-state index contributed by atoms with van der Waals surface area (Å²) in [7, 11) is 1.70. The predicted molar refractivity (Wildman–Crippen MR) is 85.6 cm³/mol. The molecule has 1 aromatic rings. The van der Waals surface area contributed by atoms with E-state index in [-0.39, 0.29) is 17.7 Å². The molecule has 1 saturated heterocycles. The second kappa shape index (κ2) is 6.77. The van der Waals surface area contributed by atoms with Crippen molar-refractivity contribution in [2.75, 3.05) is 26.8 Å². The molecule has 0 aromatic heterocycles. The van der Waals surface area contributed by atoms with Crippen LogP contribution in [0.5, 0.6) is 5.75 Å². The van der Waals surface area contributed by atoms with E-state index in [1.807, 2.05) is 12.1 Å². The van der Waals surface area contributed by atoms with Gasteiger partial charge in [-0.15, -0.1) is 0 Å². The average molecular weight is 292 g/mol. The second-order valence-corrected chi connectivity index (χ2v) is 6.37. The molecule has 21 heavy (non-hydrogen) atoms. The Kier molecular flexibility index (Phi) is 5.25. The van der Waals surface area contributed by atoms with Gasteiger partial charge in [-0.2, -0.15) is 0 Å². The Morgan fingerprint density at radius 3 is 2.81 bits per heavy atom. The van der Waals surface area contributed by atoms with Crippen molar-refractivity contribution in [3.05, 3.63) is 29.8 Å². The molecule has 0 saturated carbocycles. The van der Waals surface area contributed by atoms with E-state index in [0.717, 1.165) is 31.9 Å². The van der Waals surface area contributed by atoms with Gasteiger partial charge in [-0.05, 0) is 38.0 Å². The summed E-state index contributed by atoms with van der Waals surface area (Å²) in [6.45, 7) is 8.98. The summed E-state index contributed by atoms with van der Waals surface area (Å²) < 4.78 is 11.2. The fraction of sp³-hybridized carbons (Fsp3) is 0.647. The van der Waals surface area contributed by atoms with E-state index < -0.39 is 0 Å². The van der Waals surface area contributed by atoms with Crippen molar-refractivity contribution < 1.29 is 9.47 Å². The SMILES string of the molecule is CCC(N)C(c1cccc(OC)c1)N1CCOC(C)(C)C1. The zero-order chi connectivity index (χ0) is 15.5. The highest BCUT2D eigenvalue weighted by Gasteiger charge is 2.34. The van der Waals surface area contributed by atoms with Crippen LogP contribution in [-0.4, -0.2) is 43.3 Å². The zero-order valence-corrected chi connectivity index (χ0v) is 13.6. The minimum atomic E-state index is -0.122. The summed E-state index contributed by atoms with van der Waals surface area (Å²) in [5.41, 5.74) is 7.54. The summed E-state index contributed by atoms with van der Waals surface area (Å²) in [5, 5.41) is 0. The van der Waals surface area contributed by atoms with Crippen molar-refractivity contribution in [3.63, 3.8) is 0 Å². The molecule has 1 heterocycles. The lowest BCUT2D eigenvalue weighted by Crippen LogP contribution is -2.52. The zero-order valence-electron chi connectivity index (χ0n) is 13.6. The molecule has 0 aliphatic carbocycles. The summed E-state index contributed by atoms with van der Waals surface area (Å²) in [6.07, 6.45) is 0.944. The van der Waals surface area contributed by atoms with E-state index in [9.17, 15) is 0 Å². The largest absolute Gasteiger partial charge is 0.497 e. The summed E-state index contributed by atoms with van der Waals surface area (Å²) in [5.74, 6) is 0.883. The highest BCUT2D eigenvalue weighted by atomic mass is 16.5. The number of hydrogen-bond acceptors (Lipinski definition) is 4. The Hall–Kier alpha value is -1.10. The van der Waals surface area contributed by atoms with Gasteiger partial charge in [-0.3, -0.25) is 4.90 Å². The first kappa shape index (κ1) is 16.3. The molecule has 1 aliphatic heterocycles. The maximum atomic E-state index is 6.44. The first-order valence-electron chi connectivity index (χ1n) is 7.74. The third-order valence-corrected chi connectivity index (χ3v) is 4.16. The third kappa shape index (κ3) is 3.96. The number of rotatable bonds is 5. The topological polar surface area (TPSA) is 47.7 Å². The van der Waals surface area contributed by atoms with Gasteiger partial charge in [0.25, 0.3) is 0 Å². The molecule has 4 nitrogen and oxygen atoms in total. The Morgan fingerprint density at radius 1 is 1.43 bits per heavy atom. The first-order valence-corrected chi connectivity index (χ1v) is 7.74. The lowest BCUT2D eigenvalue weighted by molar-refractivity contribution is -0.100. The fourth-order valence-corrected chi connectivity index (χ4v) is 3.07. The number of ether oxygens (including phenoxy) is 2. The fourth-order valence-electron chi connectivity index (χ4n) is 3.07. The number of benzene rings is 1. The van der Waals surface area contributed by atoms with Crippen LogP contribution in [0.4, 0.5) is 0 Å². The molecule has 2 rings (SSSR count). The highest BCUT2D eigenvalue weighted by molar-refractivity contribution is 5.31. The Labute approximate surface area is 128 Å². The van der Waals surface area contributed by atoms with Gasteiger partial charge >= 0.3 is 0 Å². The second-order valence-electron chi connectivity index (χ2n) is 6.37. The quantitative estimate of drug-likeness (QED) is 0.906. The molecule has 0 spiro atoms. The summed E-state index contributed by atoms with van der Waals surface area (Å²) in [6, 6.07) is 8.56. The molecule has 2 N–H and O–H groups in total. The van der Waals surface area contributed by atoms with Crippen molar-refractivity contribution in [1.29, 1.82) is 0 Å². The van der Waals surface area contributed by atoms with Crippen LogP contribution in [-0.2, 0) is 4.74 Å². The predicted octanol–water partition coefficient (Wildman–Crippen LogP) is 2.58. The normalized spacial score (nSPS) is 21.8. The van der Waals surface area contributed by atoms with Gasteiger partial charge in [-0.1, -0.05) is 19.1 Å². The van der Waals surface area contributed by atoms with Crippen LogP contribution in [0.2, 0.25) is 0 Å². The van der Waals surface area contributed by atoms with Crippen LogP contribution in [0, 0.1) is 0 Å². The van der Waals surface area contributed by atoms with Gasteiger partial charge in [0.2, 0.25) is 0 Å². The molecule has 1 aliphatic rings. The molecule has 0 radical (unpaired) electrons. The molecule has 1 fully saturated rings. The molecule has 1 aromatic carbocycles. The molecular weight excluding hydrogens is 264 g/mol. The molecule has 2 atom stereocenters. The molecular formula is C17H28N2O2. The summed E-state index contributed by atoms with van der Waals surface area (Å²) in [4.78, 5) is 2.45. The molecule has 0 amide bonds. The Balaban J connectivity index is 2.29. The maximum absolute atomic E-state index is 6.44. The molecule has 2 unspecified atom stereocenters. The number of methoxy groups -OCH3 is 1. The minimum Gasteiger partial charge on any atom is -0.497 e. The lowest BCUT2D eigenvalue weighted by atomic mass is 9.94. The van der Waals surface area contributed by atoms with Crippen molar-refractivity contribution in [2.24, 2.45) is 5.73 Å². The van der Waals surface area contributed by atoms with Gasteiger partial charge < -0.3 is 15.2 Å². The van der Waals surface area contributed by atoms with Crippen LogP contribution in [0.3, 0.4) is 0 Å². The van der Waals surface area contributed by atoms with Gasteiger partial charge in [0.05, 0.1) is 25.4 Å². The number of hydrogen-bond donors (Lipinski definition) is 1. The van der Waals surface area contributed by atoms with Crippen LogP contribution in [0.25, 0.3) is 0 Å². The monoisotopic (exact) mass is 292 g/mol. The van der Waals surface area contributed by atoms with E-state index in [1.54, 1.807) is 7.11 Å². The smallest absolute Gasteiger partial charge is 0.119 e. The van der Waals surface area contributed by atoms with Crippen LogP contribution in [0.1, 0.15) is 38.8 Å². The number of nitrogens with zero attached hydrogens (tertiary/aromatic N) is 1. The Bertz CT molecular complexity index is 462. The van der Waals surface area contributed by atoms with E-state index in [4.69, 9.17) is 15.2 Å². The van der Waals surface area contributed by atoms with E-state index in [1.165, 1.54) is 5.56 Å². The van der Waals surface area contributed by atoms with E-state index in [2.05, 4.69) is 37.8 Å². The van der Waals surface area contributed by atoms with Gasteiger partial charge in [0.1, 0.15) is 5.75 Å². The highest BCUT2D eigenvalue weighted by Crippen LogP contribution is 2.31. The lowest BCUT2D eigenvalue weighted by Gasteiger charge is -2.44. The van der Waals surface area contributed by atoms with Crippen LogP contribution in [0.15, 0.2) is 24.3 Å². The van der Waals surface area contributed by atoms with E-state index >= 15 is 0 Å². The summed E-state index contributed by atoms with van der Waals surface area (Å²) >= 11 is 0. The molecule has 4 heteroatoms. The average Bonchev–Trinajstić information content (AvgIpc) is 2.46. The Morgan fingerprint density at radius 2 is 2.19 bits per heavy atom. The van der Waals surface area contributed by atoms with Gasteiger partial charge in [-0.25, -0.2) is 0 Å². The van der Waals surface area contributed by atoms with Crippen molar-refractivity contribution in [2.45, 2.75) is 44.9 Å². The maximum Gasteiger partial charge on any atom is 0.119 e. The standard InChI is InChI=1S/C17H28N2O2/c1-5-15(18)16(13-7-6-8-14(11-13)20-4)19-9-10-21-17(2,3)12-19/h6-8,11,15-16H,5,9-10,12,18H2,1-4H3. The van der Waals surface area contributed by atoms with Crippen LogP contribution >= 0.6 is 0 Å². The van der Waals surface area contributed by atoms with Gasteiger partial charge in [0, 0.05) is 19.1 Å². The first-order chi connectivity index (χ1) is 9.96. The number of morpholine rings is 1. The minimum absolute atomic E-state index is 0.103.